The topological polar surface area (TPSA) is 51.2 Å². The van der Waals surface area contributed by atoms with Crippen molar-refractivity contribution in [2.45, 2.75) is 30.4 Å². The van der Waals surface area contributed by atoms with Crippen LogP contribution < -0.4 is 0 Å². The number of aryl methyl sites for hydroxylation is 1. The summed E-state index contributed by atoms with van der Waals surface area (Å²) in [5.74, 6) is -0.362. The van der Waals surface area contributed by atoms with E-state index in [2.05, 4.69) is 0 Å². The Morgan fingerprint density at radius 1 is 1.15 bits per heavy atom. The van der Waals surface area contributed by atoms with Crippen LogP contribution in [0.4, 0.5) is 0 Å². The van der Waals surface area contributed by atoms with Gasteiger partial charge >= 0.3 is 0 Å². The second-order valence-corrected chi connectivity index (χ2v) is 8.55. The van der Waals surface area contributed by atoms with E-state index >= 15 is 0 Å². The lowest BCUT2D eigenvalue weighted by molar-refractivity contribution is 0.0957. The number of carbonyl (C=O) groups is 1. The predicted octanol–water partition coefficient (Wildman–Crippen LogP) is 3.49. The maximum atomic E-state index is 12.7. The normalized spacial score (nSPS) is 12.3. The average molecular weight is 308 g/mol. The van der Waals surface area contributed by atoms with Crippen LogP contribution in [-0.2, 0) is 9.84 Å². The molecule has 0 aliphatic carbocycles. The molecular weight excluding hydrogens is 292 g/mol. The number of sulfone groups is 1. The fourth-order valence-corrected chi connectivity index (χ4v) is 4.38. The van der Waals surface area contributed by atoms with Crippen molar-refractivity contribution in [2.24, 2.45) is 0 Å². The molecule has 0 aliphatic rings. The number of ketones is 1. The number of rotatable bonds is 4. The summed E-state index contributed by atoms with van der Waals surface area (Å²) >= 11 is 1.28. The molecule has 20 heavy (non-hydrogen) atoms. The van der Waals surface area contributed by atoms with Gasteiger partial charge in [0.15, 0.2) is 15.6 Å². The first kappa shape index (κ1) is 14.9. The number of Topliss-reactive ketones (excluding diaryl/α,β-unsaturated/α-hetero) is 1. The Hall–Kier alpha value is -1.46. The second kappa shape index (κ2) is 5.14. The Morgan fingerprint density at radius 3 is 2.25 bits per heavy atom. The van der Waals surface area contributed by atoms with Crippen LogP contribution in [0.25, 0.3) is 0 Å². The molecule has 0 bridgehead atoms. The summed E-state index contributed by atoms with van der Waals surface area (Å²) < 4.78 is 23.8. The lowest BCUT2D eigenvalue weighted by atomic mass is 10.1. The van der Waals surface area contributed by atoms with Crippen molar-refractivity contribution in [1.82, 2.24) is 0 Å². The van der Waals surface area contributed by atoms with E-state index in [9.17, 15) is 13.2 Å². The van der Waals surface area contributed by atoms with Crippen molar-refractivity contribution in [3.63, 3.8) is 0 Å². The highest BCUT2D eigenvalue weighted by molar-refractivity contribution is 7.93. The monoisotopic (exact) mass is 308 g/mol. The van der Waals surface area contributed by atoms with Crippen LogP contribution in [0.15, 0.2) is 46.7 Å². The molecule has 0 aliphatic heterocycles. The molecule has 0 unspecified atom stereocenters. The van der Waals surface area contributed by atoms with Crippen LogP contribution in [0, 0.1) is 6.92 Å². The second-order valence-electron chi connectivity index (χ2n) is 5.14. The van der Waals surface area contributed by atoms with Crippen LogP contribution >= 0.6 is 11.3 Å². The van der Waals surface area contributed by atoms with Crippen LogP contribution in [-0.4, -0.2) is 18.9 Å². The molecule has 1 aromatic carbocycles. The zero-order chi connectivity index (χ0) is 15.0. The molecule has 0 fully saturated rings. The lowest BCUT2D eigenvalue weighted by Crippen LogP contribution is -2.40. The molecule has 2 rings (SSSR count). The molecular formula is C15H16O3S2. The highest BCUT2D eigenvalue weighted by Gasteiger charge is 2.43. The van der Waals surface area contributed by atoms with Crippen molar-refractivity contribution in [3.8, 4) is 0 Å². The van der Waals surface area contributed by atoms with Crippen LogP contribution in [0.2, 0.25) is 0 Å². The molecule has 0 radical (unpaired) electrons. The van der Waals surface area contributed by atoms with Gasteiger partial charge in [0.25, 0.3) is 0 Å². The summed E-state index contributed by atoms with van der Waals surface area (Å²) in [6, 6.07) is 9.82. The van der Waals surface area contributed by atoms with Crippen molar-refractivity contribution in [3.05, 3.63) is 52.2 Å². The summed E-state index contributed by atoms with van der Waals surface area (Å²) in [7, 11) is -3.72. The minimum absolute atomic E-state index is 0.173. The fourth-order valence-electron chi connectivity index (χ4n) is 1.86. The number of hydrogen-bond donors (Lipinski definition) is 0. The molecule has 2 aromatic rings. The van der Waals surface area contributed by atoms with Gasteiger partial charge in [-0.25, -0.2) is 8.42 Å². The van der Waals surface area contributed by atoms with Gasteiger partial charge in [0.05, 0.1) is 9.77 Å². The Bertz CT molecular complexity index is 725. The van der Waals surface area contributed by atoms with Gasteiger partial charge in [-0.15, -0.1) is 11.3 Å². The average Bonchev–Trinajstić information content (AvgIpc) is 2.85. The van der Waals surface area contributed by atoms with Gasteiger partial charge in [-0.2, -0.15) is 0 Å². The molecule has 0 amide bonds. The standard InChI is InChI=1S/C15H16O3S2/c1-11-9-13(19-10-11)14(16)15(2,3)20(17,18)12-7-5-4-6-8-12/h4-10H,1-3H3. The van der Waals surface area contributed by atoms with E-state index in [1.165, 1.54) is 37.3 Å². The van der Waals surface area contributed by atoms with Crippen LogP contribution in [0.3, 0.4) is 0 Å². The zero-order valence-corrected chi connectivity index (χ0v) is 13.2. The maximum Gasteiger partial charge on any atom is 0.193 e. The molecule has 106 valence electrons. The third-order valence-electron chi connectivity index (χ3n) is 3.23. The Balaban J connectivity index is 2.47. The predicted molar refractivity (Wildman–Crippen MR) is 81.1 cm³/mol. The van der Waals surface area contributed by atoms with Crippen molar-refractivity contribution < 1.29 is 13.2 Å². The Labute approximate surface area is 123 Å². The smallest absolute Gasteiger partial charge is 0.193 e. The number of thiophene rings is 1. The number of benzene rings is 1. The quantitative estimate of drug-likeness (QED) is 0.812. The molecule has 1 aromatic heterocycles. The SMILES string of the molecule is Cc1csc(C(=O)C(C)(C)S(=O)(=O)c2ccccc2)c1. The van der Waals surface area contributed by atoms with E-state index in [1.54, 1.807) is 24.3 Å². The lowest BCUT2D eigenvalue weighted by Gasteiger charge is -2.22. The fraction of sp³-hybridized carbons (Fsp3) is 0.267. The highest BCUT2D eigenvalue weighted by atomic mass is 32.2. The highest BCUT2D eigenvalue weighted by Crippen LogP contribution is 2.30. The van der Waals surface area contributed by atoms with Gasteiger partial charge in [-0.05, 0) is 49.9 Å². The van der Waals surface area contributed by atoms with Gasteiger partial charge in [0.2, 0.25) is 0 Å². The van der Waals surface area contributed by atoms with E-state index in [0.29, 0.717) is 4.88 Å². The van der Waals surface area contributed by atoms with E-state index < -0.39 is 14.6 Å². The van der Waals surface area contributed by atoms with E-state index in [1.807, 2.05) is 12.3 Å². The van der Waals surface area contributed by atoms with Crippen LogP contribution in [0.5, 0.6) is 0 Å². The van der Waals surface area contributed by atoms with Crippen molar-refractivity contribution in [1.29, 1.82) is 0 Å². The number of carbonyl (C=O) groups excluding carboxylic acids is 1. The molecule has 5 heteroatoms. The Morgan fingerprint density at radius 2 is 1.75 bits per heavy atom. The van der Waals surface area contributed by atoms with Crippen molar-refractivity contribution in [2.75, 3.05) is 0 Å². The minimum atomic E-state index is -3.72. The molecule has 0 saturated heterocycles. The van der Waals surface area contributed by atoms with E-state index in [-0.39, 0.29) is 10.7 Å². The first-order valence-electron chi connectivity index (χ1n) is 6.16. The molecule has 0 N–H and O–H groups in total. The van der Waals surface area contributed by atoms with Gasteiger partial charge in [-0.1, -0.05) is 18.2 Å². The summed E-state index contributed by atoms with van der Waals surface area (Å²) in [6.45, 7) is 4.81. The minimum Gasteiger partial charge on any atom is -0.291 e. The summed E-state index contributed by atoms with van der Waals surface area (Å²) in [6.07, 6.45) is 0. The summed E-state index contributed by atoms with van der Waals surface area (Å²) in [5.41, 5.74) is 0.964. The van der Waals surface area contributed by atoms with E-state index in [0.717, 1.165) is 5.56 Å². The molecule has 3 nitrogen and oxygen atoms in total. The van der Waals surface area contributed by atoms with Gasteiger partial charge in [0.1, 0.15) is 4.75 Å². The molecule has 1 heterocycles. The van der Waals surface area contributed by atoms with E-state index in [4.69, 9.17) is 0 Å². The maximum absolute atomic E-state index is 12.7. The summed E-state index contributed by atoms with van der Waals surface area (Å²) in [5, 5.41) is 1.85. The molecule has 0 spiro atoms. The van der Waals surface area contributed by atoms with Crippen LogP contribution in [0.1, 0.15) is 29.1 Å². The molecule has 0 atom stereocenters. The first-order valence-corrected chi connectivity index (χ1v) is 8.53. The van der Waals surface area contributed by atoms with Gasteiger partial charge in [0, 0.05) is 0 Å². The third-order valence-corrected chi connectivity index (χ3v) is 6.70. The zero-order valence-electron chi connectivity index (χ0n) is 11.6. The third kappa shape index (κ3) is 2.43. The number of hydrogen-bond acceptors (Lipinski definition) is 4. The van der Waals surface area contributed by atoms with Gasteiger partial charge < -0.3 is 0 Å². The largest absolute Gasteiger partial charge is 0.291 e. The molecule has 0 saturated carbocycles. The first-order chi connectivity index (χ1) is 9.26. The van der Waals surface area contributed by atoms with Crippen molar-refractivity contribution >= 4 is 27.0 Å². The summed E-state index contributed by atoms with van der Waals surface area (Å²) in [4.78, 5) is 13.2. The van der Waals surface area contributed by atoms with Gasteiger partial charge in [-0.3, -0.25) is 4.79 Å². The Kier molecular flexibility index (Phi) is 3.84.